The van der Waals surface area contributed by atoms with Crippen LogP contribution in [0.15, 0.2) is 30.5 Å². The molecule has 1 aliphatic rings. The number of benzene rings is 1. The van der Waals surface area contributed by atoms with E-state index in [9.17, 15) is 15.0 Å². The van der Waals surface area contributed by atoms with Crippen LogP contribution in [0.25, 0.3) is 10.9 Å². The highest BCUT2D eigenvalue weighted by atomic mass is 16.3. The first-order valence-corrected chi connectivity index (χ1v) is 7.95. The molecule has 0 bridgehead atoms. The van der Waals surface area contributed by atoms with Gasteiger partial charge < -0.3 is 25.8 Å². The second-order valence-electron chi connectivity index (χ2n) is 6.38. The molecule has 1 aromatic heterocycles. The van der Waals surface area contributed by atoms with E-state index in [1.807, 2.05) is 30.5 Å². The number of carbonyl (C=O) groups excluding carboxylic acids is 1. The summed E-state index contributed by atoms with van der Waals surface area (Å²) >= 11 is 0. The molecule has 3 rings (SSSR count). The Morgan fingerprint density at radius 3 is 2.74 bits per heavy atom. The molecule has 2 aromatic rings. The molecule has 1 amide bonds. The molecule has 6 nitrogen and oxygen atoms in total. The van der Waals surface area contributed by atoms with Gasteiger partial charge >= 0.3 is 0 Å². The fourth-order valence-electron chi connectivity index (χ4n) is 3.16. The minimum atomic E-state index is -1.06. The third kappa shape index (κ3) is 3.24. The molecule has 6 heteroatoms. The SMILES string of the molecule is N[C@@H](Cc1c[nH]c2ccccc12)C(=O)N1CCC(O)(CO)CC1. The molecular weight excluding hydrogens is 294 g/mol. The normalized spacial score (nSPS) is 19.0. The Hall–Kier alpha value is -1.89. The minimum absolute atomic E-state index is 0.102. The van der Waals surface area contributed by atoms with Crippen molar-refractivity contribution >= 4 is 16.8 Å². The van der Waals surface area contributed by atoms with Crippen LogP contribution in [0.3, 0.4) is 0 Å². The quantitative estimate of drug-likeness (QED) is 0.655. The molecule has 1 aromatic carbocycles. The van der Waals surface area contributed by atoms with Gasteiger partial charge in [-0.15, -0.1) is 0 Å². The summed E-state index contributed by atoms with van der Waals surface area (Å²) in [7, 11) is 0. The van der Waals surface area contributed by atoms with Gasteiger partial charge in [0, 0.05) is 30.2 Å². The Bertz CT molecular complexity index is 689. The first kappa shape index (κ1) is 16.0. The van der Waals surface area contributed by atoms with Gasteiger partial charge in [0.2, 0.25) is 5.91 Å². The van der Waals surface area contributed by atoms with E-state index in [0.717, 1.165) is 16.5 Å². The number of aromatic nitrogens is 1. The van der Waals surface area contributed by atoms with Crippen molar-refractivity contribution in [3.8, 4) is 0 Å². The Labute approximate surface area is 134 Å². The predicted octanol–water partition coefficient (Wildman–Crippen LogP) is 0.384. The van der Waals surface area contributed by atoms with Gasteiger partial charge in [-0.3, -0.25) is 4.79 Å². The first-order chi connectivity index (χ1) is 11.0. The molecule has 0 radical (unpaired) electrons. The predicted molar refractivity (Wildman–Crippen MR) is 87.8 cm³/mol. The van der Waals surface area contributed by atoms with Crippen LogP contribution in [0.2, 0.25) is 0 Å². The zero-order valence-corrected chi connectivity index (χ0v) is 13.0. The molecule has 2 heterocycles. The van der Waals surface area contributed by atoms with Crippen LogP contribution >= 0.6 is 0 Å². The monoisotopic (exact) mass is 317 g/mol. The number of aliphatic hydroxyl groups is 2. The van der Waals surface area contributed by atoms with Gasteiger partial charge in [-0.25, -0.2) is 0 Å². The van der Waals surface area contributed by atoms with Crippen molar-refractivity contribution in [3.63, 3.8) is 0 Å². The molecule has 23 heavy (non-hydrogen) atoms. The number of rotatable bonds is 4. The zero-order valence-electron chi connectivity index (χ0n) is 13.0. The fraction of sp³-hybridized carbons (Fsp3) is 0.471. The number of aromatic amines is 1. The average Bonchev–Trinajstić information content (AvgIpc) is 2.98. The lowest BCUT2D eigenvalue weighted by Gasteiger charge is -2.37. The van der Waals surface area contributed by atoms with Crippen molar-refractivity contribution in [3.05, 3.63) is 36.0 Å². The van der Waals surface area contributed by atoms with Crippen LogP contribution in [0.4, 0.5) is 0 Å². The highest BCUT2D eigenvalue weighted by Crippen LogP contribution is 2.23. The summed E-state index contributed by atoms with van der Waals surface area (Å²) < 4.78 is 0. The number of nitrogens with zero attached hydrogens (tertiary/aromatic N) is 1. The van der Waals surface area contributed by atoms with Crippen LogP contribution in [0, 0.1) is 0 Å². The number of hydrogen-bond donors (Lipinski definition) is 4. The van der Waals surface area contributed by atoms with Gasteiger partial charge in [-0.05, 0) is 30.9 Å². The molecule has 0 saturated carbocycles. The number of hydrogen-bond acceptors (Lipinski definition) is 4. The third-order valence-corrected chi connectivity index (χ3v) is 4.73. The molecule has 5 N–H and O–H groups in total. The van der Waals surface area contributed by atoms with E-state index in [2.05, 4.69) is 4.98 Å². The number of piperidine rings is 1. The maximum Gasteiger partial charge on any atom is 0.239 e. The number of fused-ring (bicyclic) bond motifs is 1. The van der Waals surface area contributed by atoms with Crippen molar-refractivity contribution in [1.82, 2.24) is 9.88 Å². The molecule has 1 saturated heterocycles. The molecule has 1 fully saturated rings. The van der Waals surface area contributed by atoms with E-state index in [0.29, 0.717) is 32.4 Å². The molecule has 0 aliphatic carbocycles. The Morgan fingerprint density at radius 1 is 1.35 bits per heavy atom. The Kier molecular flexibility index (Phi) is 4.39. The lowest BCUT2D eigenvalue weighted by atomic mass is 9.92. The first-order valence-electron chi connectivity index (χ1n) is 7.95. The number of likely N-dealkylation sites (tertiary alicyclic amines) is 1. The van der Waals surface area contributed by atoms with Crippen molar-refractivity contribution in [1.29, 1.82) is 0 Å². The van der Waals surface area contributed by atoms with Crippen LogP contribution < -0.4 is 5.73 Å². The van der Waals surface area contributed by atoms with Crippen molar-refractivity contribution in [2.45, 2.75) is 30.9 Å². The largest absolute Gasteiger partial charge is 0.393 e. The second kappa shape index (κ2) is 6.31. The molecular formula is C17H23N3O3. The molecule has 0 unspecified atom stereocenters. The van der Waals surface area contributed by atoms with E-state index in [1.54, 1.807) is 4.90 Å². The maximum absolute atomic E-state index is 12.5. The van der Waals surface area contributed by atoms with Gasteiger partial charge in [0.05, 0.1) is 18.2 Å². The van der Waals surface area contributed by atoms with Gasteiger partial charge in [0.25, 0.3) is 0 Å². The minimum Gasteiger partial charge on any atom is -0.393 e. The van der Waals surface area contributed by atoms with E-state index in [1.165, 1.54) is 0 Å². The van der Waals surface area contributed by atoms with Crippen LogP contribution in [-0.4, -0.2) is 57.3 Å². The van der Waals surface area contributed by atoms with Gasteiger partial charge in [-0.1, -0.05) is 18.2 Å². The smallest absolute Gasteiger partial charge is 0.239 e. The maximum atomic E-state index is 12.5. The number of amides is 1. The highest BCUT2D eigenvalue weighted by molar-refractivity contribution is 5.86. The summed E-state index contributed by atoms with van der Waals surface area (Å²) in [6.07, 6.45) is 3.15. The number of carbonyl (C=O) groups is 1. The Balaban J connectivity index is 1.64. The number of aliphatic hydroxyl groups excluding tert-OH is 1. The number of nitrogens with two attached hydrogens (primary N) is 1. The molecule has 1 atom stereocenters. The van der Waals surface area contributed by atoms with Crippen molar-refractivity contribution < 1.29 is 15.0 Å². The standard InChI is InChI=1S/C17H23N3O3/c18-14(9-12-10-19-15-4-2-1-3-13(12)15)16(22)20-7-5-17(23,11-21)6-8-20/h1-4,10,14,19,21,23H,5-9,11,18H2/t14-/m0/s1. The molecule has 124 valence electrons. The zero-order chi connectivity index (χ0) is 16.4. The van der Waals surface area contributed by atoms with Gasteiger partial charge in [0.15, 0.2) is 0 Å². The number of para-hydroxylation sites is 1. The fourth-order valence-corrected chi connectivity index (χ4v) is 3.16. The lowest BCUT2D eigenvalue weighted by Crippen LogP contribution is -2.53. The number of H-pyrrole nitrogens is 1. The summed E-state index contributed by atoms with van der Waals surface area (Å²) in [6.45, 7) is 0.589. The lowest BCUT2D eigenvalue weighted by molar-refractivity contribution is -0.138. The van der Waals surface area contributed by atoms with Gasteiger partial charge in [-0.2, -0.15) is 0 Å². The second-order valence-corrected chi connectivity index (χ2v) is 6.38. The van der Waals surface area contributed by atoms with Crippen molar-refractivity contribution in [2.24, 2.45) is 5.73 Å². The van der Waals surface area contributed by atoms with Crippen LogP contribution in [-0.2, 0) is 11.2 Å². The molecule has 0 spiro atoms. The van der Waals surface area contributed by atoms with Crippen molar-refractivity contribution in [2.75, 3.05) is 19.7 Å². The highest BCUT2D eigenvalue weighted by Gasteiger charge is 2.34. The average molecular weight is 317 g/mol. The third-order valence-electron chi connectivity index (χ3n) is 4.73. The summed E-state index contributed by atoms with van der Waals surface area (Å²) in [6, 6.07) is 7.33. The Morgan fingerprint density at radius 2 is 2.04 bits per heavy atom. The van der Waals surface area contributed by atoms with E-state index in [4.69, 9.17) is 5.73 Å². The van der Waals surface area contributed by atoms with E-state index >= 15 is 0 Å². The number of nitrogens with one attached hydrogen (secondary N) is 1. The van der Waals surface area contributed by atoms with Crippen LogP contribution in [0.1, 0.15) is 18.4 Å². The molecule has 1 aliphatic heterocycles. The van der Waals surface area contributed by atoms with Crippen LogP contribution in [0.5, 0.6) is 0 Å². The van der Waals surface area contributed by atoms with E-state index in [-0.39, 0.29) is 12.5 Å². The summed E-state index contributed by atoms with van der Waals surface area (Å²) in [4.78, 5) is 17.4. The topological polar surface area (TPSA) is 103 Å². The van der Waals surface area contributed by atoms with E-state index < -0.39 is 11.6 Å². The van der Waals surface area contributed by atoms with Gasteiger partial charge in [0.1, 0.15) is 0 Å². The summed E-state index contributed by atoms with van der Waals surface area (Å²) in [5.74, 6) is -0.102. The summed E-state index contributed by atoms with van der Waals surface area (Å²) in [5, 5.41) is 20.3. The summed E-state index contributed by atoms with van der Waals surface area (Å²) in [5.41, 5.74) is 7.12.